The molecule has 100 valence electrons. The van der Waals surface area contributed by atoms with Gasteiger partial charge in [0.15, 0.2) is 0 Å². The van der Waals surface area contributed by atoms with E-state index in [-0.39, 0.29) is 12.6 Å². The molecule has 1 N–H and O–H groups in total. The lowest BCUT2D eigenvalue weighted by Gasteiger charge is -2.23. The Kier molecular flexibility index (Phi) is 2.89. The first-order valence-electron chi connectivity index (χ1n) is 6.38. The minimum Gasteiger partial charge on any atom is -0.480 e. The molecular formula is C14H15NO4. The lowest BCUT2D eigenvalue weighted by atomic mass is 10.2. The summed E-state index contributed by atoms with van der Waals surface area (Å²) >= 11 is 0. The van der Waals surface area contributed by atoms with Crippen LogP contribution in [-0.4, -0.2) is 34.2 Å². The van der Waals surface area contributed by atoms with Crippen LogP contribution in [0.2, 0.25) is 0 Å². The maximum atomic E-state index is 12.0. The molecule has 1 saturated carbocycles. The number of aliphatic carboxylic acids is 1. The second-order valence-electron chi connectivity index (χ2n) is 5.10. The van der Waals surface area contributed by atoms with Crippen LogP contribution >= 0.6 is 0 Å². The highest BCUT2D eigenvalue weighted by atomic mass is 16.6. The number of rotatable bonds is 3. The van der Waals surface area contributed by atoms with Crippen molar-refractivity contribution in [3.05, 3.63) is 35.9 Å². The Labute approximate surface area is 110 Å². The number of carboxylic acid groups (broad SMARTS) is 1. The van der Waals surface area contributed by atoms with E-state index in [1.807, 2.05) is 30.3 Å². The van der Waals surface area contributed by atoms with Crippen molar-refractivity contribution in [1.29, 1.82) is 0 Å². The van der Waals surface area contributed by atoms with Crippen molar-refractivity contribution in [3.8, 4) is 0 Å². The lowest BCUT2D eigenvalue weighted by molar-refractivity contribution is -0.142. The molecule has 1 aliphatic carbocycles. The molecule has 2 aliphatic rings. The van der Waals surface area contributed by atoms with Gasteiger partial charge in [0.05, 0.1) is 0 Å². The standard InChI is InChI=1S/C14H15NO4/c16-13(17)12-7-10-6-11(10)15(12)14(18)19-8-9-4-2-1-3-5-9/h1-5,10-12H,6-8H2,(H,16,17)/t10-,11-,12+/m1/s1. The normalized spacial score (nSPS) is 27.8. The maximum absolute atomic E-state index is 12.0. The smallest absolute Gasteiger partial charge is 0.411 e. The van der Waals surface area contributed by atoms with Gasteiger partial charge in [-0.05, 0) is 24.3 Å². The molecule has 1 amide bonds. The van der Waals surface area contributed by atoms with Crippen LogP contribution in [0.5, 0.6) is 0 Å². The third-order valence-electron chi connectivity index (χ3n) is 3.81. The van der Waals surface area contributed by atoms with Gasteiger partial charge in [0, 0.05) is 6.04 Å². The third-order valence-corrected chi connectivity index (χ3v) is 3.81. The first kappa shape index (κ1) is 12.0. The van der Waals surface area contributed by atoms with Gasteiger partial charge < -0.3 is 9.84 Å². The molecule has 3 rings (SSSR count). The topological polar surface area (TPSA) is 66.8 Å². The zero-order valence-electron chi connectivity index (χ0n) is 10.4. The zero-order chi connectivity index (χ0) is 13.4. The van der Waals surface area contributed by atoms with Gasteiger partial charge >= 0.3 is 12.1 Å². The number of hydrogen-bond acceptors (Lipinski definition) is 3. The van der Waals surface area contributed by atoms with Crippen molar-refractivity contribution in [2.24, 2.45) is 5.92 Å². The number of carbonyl (C=O) groups excluding carboxylic acids is 1. The average molecular weight is 261 g/mol. The van der Waals surface area contributed by atoms with Crippen LogP contribution in [0, 0.1) is 5.92 Å². The molecule has 1 aromatic rings. The molecule has 3 atom stereocenters. The molecule has 2 fully saturated rings. The molecule has 1 heterocycles. The first-order chi connectivity index (χ1) is 9.16. The molecule has 5 nitrogen and oxygen atoms in total. The Morgan fingerprint density at radius 1 is 1.26 bits per heavy atom. The number of likely N-dealkylation sites (tertiary alicyclic amines) is 1. The van der Waals surface area contributed by atoms with Crippen molar-refractivity contribution in [1.82, 2.24) is 4.90 Å². The summed E-state index contributed by atoms with van der Waals surface area (Å²) in [6.07, 6.45) is 0.950. The van der Waals surface area contributed by atoms with Crippen LogP contribution in [0.15, 0.2) is 30.3 Å². The quantitative estimate of drug-likeness (QED) is 0.902. The first-order valence-corrected chi connectivity index (χ1v) is 6.38. The maximum Gasteiger partial charge on any atom is 0.411 e. The van der Waals surface area contributed by atoms with Gasteiger partial charge in [-0.15, -0.1) is 0 Å². The van der Waals surface area contributed by atoms with E-state index in [1.54, 1.807) is 0 Å². The average Bonchev–Trinajstić information content (AvgIpc) is 3.07. The Morgan fingerprint density at radius 2 is 2.00 bits per heavy atom. The number of nitrogens with zero attached hydrogens (tertiary/aromatic N) is 1. The third kappa shape index (κ3) is 2.28. The monoisotopic (exact) mass is 261 g/mol. The molecule has 0 aromatic heterocycles. The van der Waals surface area contributed by atoms with E-state index in [1.165, 1.54) is 4.90 Å². The number of amides is 1. The minimum atomic E-state index is -0.941. The van der Waals surface area contributed by atoms with E-state index in [2.05, 4.69) is 0 Å². The number of fused-ring (bicyclic) bond motifs is 1. The van der Waals surface area contributed by atoms with Crippen LogP contribution < -0.4 is 0 Å². The Bertz CT molecular complexity index is 501. The predicted molar refractivity (Wildman–Crippen MR) is 66.4 cm³/mol. The predicted octanol–water partition coefficient (Wildman–Crippen LogP) is 1.87. The second-order valence-corrected chi connectivity index (χ2v) is 5.10. The molecule has 19 heavy (non-hydrogen) atoms. The van der Waals surface area contributed by atoms with Gasteiger partial charge in [-0.1, -0.05) is 30.3 Å². The van der Waals surface area contributed by atoms with E-state index in [0.717, 1.165) is 12.0 Å². The summed E-state index contributed by atoms with van der Waals surface area (Å²) in [4.78, 5) is 24.5. The van der Waals surface area contributed by atoms with Gasteiger partial charge in [-0.25, -0.2) is 9.59 Å². The largest absolute Gasteiger partial charge is 0.480 e. The van der Waals surface area contributed by atoms with E-state index < -0.39 is 18.1 Å². The minimum absolute atomic E-state index is 0.0735. The molecule has 5 heteroatoms. The van der Waals surface area contributed by atoms with Crippen LogP contribution in [0.4, 0.5) is 4.79 Å². The summed E-state index contributed by atoms with van der Waals surface area (Å²) < 4.78 is 5.21. The Balaban J connectivity index is 1.62. The second kappa shape index (κ2) is 4.57. The van der Waals surface area contributed by atoms with Gasteiger partial charge in [-0.2, -0.15) is 0 Å². The van der Waals surface area contributed by atoms with Crippen LogP contribution in [0.25, 0.3) is 0 Å². The van der Waals surface area contributed by atoms with E-state index in [9.17, 15) is 9.59 Å². The molecule has 1 saturated heterocycles. The van der Waals surface area contributed by atoms with Crippen LogP contribution in [-0.2, 0) is 16.1 Å². The molecule has 0 bridgehead atoms. The molecule has 0 radical (unpaired) electrons. The summed E-state index contributed by atoms with van der Waals surface area (Å²) in [5.41, 5.74) is 0.897. The number of ether oxygens (including phenoxy) is 1. The number of benzene rings is 1. The summed E-state index contributed by atoms with van der Waals surface area (Å²) in [5.74, 6) is -0.589. The highest BCUT2D eigenvalue weighted by Gasteiger charge is 2.56. The van der Waals surface area contributed by atoms with Crippen LogP contribution in [0.1, 0.15) is 18.4 Å². The highest BCUT2D eigenvalue weighted by molar-refractivity contribution is 5.81. The number of hydrogen-bond donors (Lipinski definition) is 1. The van der Waals surface area contributed by atoms with Gasteiger partial charge in [0.25, 0.3) is 0 Å². The lowest BCUT2D eigenvalue weighted by Crippen LogP contribution is -2.43. The van der Waals surface area contributed by atoms with Gasteiger partial charge in [-0.3, -0.25) is 4.90 Å². The summed E-state index contributed by atoms with van der Waals surface area (Å²) in [7, 11) is 0. The fourth-order valence-electron chi connectivity index (χ4n) is 2.73. The van der Waals surface area contributed by atoms with E-state index in [4.69, 9.17) is 9.84 Å². The summed E-state index contributed by atoms with van der Waals surface area (Å²) in [5, 5.41) is 9.11. The number of piperidine rings is 1. The van der Waals surface area contributed by atoms with Crippen molar-refractivity contribution in [2.75, 3.05) is 0 Å². The fourth-order valence-corrected chi connectivity index (χ4v) is 2.73. The molecule has 1 aromatic carbocycles. The van der Waals surface area contributed by atoms with Crippen molar-refractivity contribution in [3.63, 3.8) is 0 Å². The number of carbonyl (C=O) groups is 2. The molecule has 0 unspecified atom stereocenters. The molecule has 0 spiro atoms. The van der Waals surface area contributed by atoms with Crippen molar-refractivity contribution in [2.45, 2.75) is 31.5 Å². The summed E-state index contributed by atoms with van der Waals surface area (Å²) in [6.45, 7) is 0.180. The highest BCUT2D eigenvalue weighted by Crippen LogP contribution is 2.48. The van der Waals surface area contributed by atoms with Crippen molar-refractivity contribution >= 4 is 12.1 Å². The van der Waals surface area contributed by atoms with E-state index >= 15 is 0 Å². The SMILES string of the molecule is O=C(O)[C@@H]1C[C@H]2C[C@H]2N1C(=O)OCc1ccccc1. The van der Waals surface area contributed by atoms with E-state index in [0.29, 0.717) is 12.3 Å². The van der Waals surface area contributed by atoms with Crippen molar-refractivity contribution < 1.29 is 19.4 Å². The fraction of sp³-hybridized carbons (Fsp3) is 0.429. The zero-order valence-corrected chi connectivity index (χ0v) is 10.4. The molecule has 1 aliphatic heterocycles. The number of carboxylic acids is 1. The Hall–Kier alpha value is -2.04. The van der Waals surface area contributed by atoms with Gasteiger partial charge in [0.1, 0.15) is 12.6 Å². The summed E-state index contributed by atoms with van der Waals surface area (Å²) in [6, 6.07) is 8.72. The van der Waals surface area contributed by atoms with Gasteiger partial charge in [0.2, 0.25) is 0 Å². The molecular weight excluding hydrogens is 246 g/mol. The van der Waals surface area contributed by atoms with Crippen LogP contribution in [0.3, 0.4) is 0 Å². The Morgan fingerprint density at radius 3 is 2.68 bits per heavy atom.